The third kappa shape index (κ3) is 4.60. The van der Waals surface area contributed by atoms with Gasteiger partial charge in [0, 0.05) is 13.6 Å². The number of hydroxylamine groups is 2. The van der Waals surface area contributed by atoms with Gasteiger partial charge in [-0.1, -0.05) is 57.2 Å². The zero-order chi connectivity index (χ0) is 20.5. The van der Waals surface area contributed by atoms with Crippen molar-refractivity contribution in [1.29, 1.82) is 0 Å². The van der Waals surface area contributed by atoms with Gasteiger partial charge in [0.2, 0.25) is 10.0 Å². The van der Waals surface area contributed by atoms with E-state index in [0.717, 1.165) is 5.56 Å². The first-order valence-corrected chi connectivity index (χ1v) is 10.8. The Hall–Kier alpha value is -1.80. The molecule has 0 bridgehead atoms. The molecule has 5 nitrogen and oxygen atoms in total. The van der Waals surface area contributed by atoms with Crippen molar-refractivity contribution in [2.24, 2.45) is 0 Å². The van der Waals surface area contributed by atoms with Gasteiger partial charge in [0.15, 0.2) is 0 Å². The minimum absolute atomic E-state index is 0.0224. The van der Waals surface area contributed by atoms with E-state index < -0.39 is 27.1 Å². The second-order valence-corrected chi connectivity index (χ2v) is 10.2. The molecule has 1 heterocycles. The summed E-state index contributed by atoms with van der Waals surface area (Å²) >= 11 is 0. The molecule has 1 fully saturated rings. The summed E-state index contributed by atoms with van der Waals surface area (Å²) < 4.78 is 41.8. The molecule has 2 atom stereocenters. The fraction of sp³-hybridized carbons (Fsp3) is 0.429. The van der Waals surface area contributed by atoms with E-state index in [0.29, 0.717) is 5.56 Å². The molecule has 0 amide bonds. The van der Waals surface area contributed by atoms with Gasteiger partial charge < -0.3 is 0 Å². The number of nitrogens with one attached hydrogen (secondary N) is 1. The molecule has 28 heavy (non-hydrogen) atoms. The maximum Gasteiger partial charge on any atom is 0.219 e. The number of sulfonamides is 1. The Labute approximate surface area is 166 Å². The predicted molar refractivity (Wildman–Crippen MR) is 108 cm³/mol. The van der Waals surface area contributed by atoms with Gasteiger partial charge in [-0.25, -0.2) is 17.5 Å². The van der Waals surface area contributed by atoms with Crippen molar-refractivity contribution in [3.63, 3.8) is 0 Å². The molecule has 1 saturated heterocycles. The molecular formula is C21H27FN2O3S. The molecule has 2 aromatic rings. The highest BCUT2D eigenvalue weighted by Crippen LogP contribution is 2.34. The molecule has 0 saturated carbocycles. The summed E-state index contributed by atoms with van der Waals surface area (Å²) in [4.78, 5) is 5.54. The van der Waals surface area contributed by atoms with Crippen molar-refractivity contribution in [3.05, 3.63) is 71.0 Å². The minimum Gasteiger partial charge on any atom is -0.297 e. The van der Waals surface area contributed by atoms with Gasteiger partial charge in [-0.3, -0.25) is 4.84 Å². The van der Waals surface area contributed by atoms with E-state index >= 15 is 0 Å². The second kappa shape index (κ2) is 7.91. The molecule has 1 N–H and O–H groups in total. The Morgan fingerprint density at radius 1 is 1.18 bits per heavy atom. The summed E-state index contributed by atoms with van der Waals surface area (Å²) in [5, 5.41) is 0.838. The zero-order valence-corrected chi connectivity index (χ0v) is 17.5. The van der Waals surface area contributed by atoms with Crippen LogP contribution in [0.15, 0.2) is 48.5 Å². The lowest BCUT2D eigenvalue weighted by Gasteiger charge is -2.25. The van der Waals surface area contributed by atoms with Crippen molar-refractivity contribution in [2.75, 3.05) is 13.7 Å². The van der Waals surface area contributed by atoms with Crippen LogP contribution in [0.4, 0.5) is 4.39 Å². The topological polar surface area (TPSA) is 58.6 Å². The highest BCUT2D eigenvalue weighted by Gasteiger charge is 2.43. The molecule has 3 rings (SSSR count). The van der Waals surface area contributed by atoms with Crippen LogP contribution < -0.4 is 4.72 Å². The van der Waals surface area contributed by atoms with Gasteiger partial charge >= 0.3 is 0 Å². The van der Waals surface area contributed by atoms with Gasteiger partial charge in [-0.05, 0) is 34.2 Å². The highest BCUT2D eigenvalue weighted by molar-refractivity contribution is 7.90. The fourth-order valence-corrected chi connectivity index (χ4v) is 4.89. The fourth-order valence-electron chi connectivity index (χ4n) is 3.40. The summed E-state index contributed by atoms with van der Waals surface area (Å²) in [6.45, 7) is 6.51. The zero-order valence-electron chi connectivity index (χ0n) is 16.6. The van der Waals surface area contributed by atoms with Crippen molar-refractivity contribution in [3.8, 4) is 0 Å². The Morgan fingerprint density at radius 3 is 2.46 bits per heavy atom. The highest BCUT2D eigenvalue weighted by atomic mass is 32.2. The molecule has 152 valence electrons. The summed E-state index contributed by atoms with van der Waals surface area (Å²) in [6.07, 6.45) is 0. The van der Waals surface area contributed by atoms with Crippen molar-refractivity contribution < 1.29 is 17.6 Å². The Balaban J connectivity index is 1.79. The van der Waals surface area contributed by atoms with Crippen molar-refractivity contribution >= 4 is 10.0 Å². The molecule has 0 aliphatic carbocycles. The van der Waals surface area contributed by atoms with E-state index in [4.69, 9.17) is 4.84 Å². The molecule has 2 unspecified atom stereocenters. The average Bonchev–Trinajstić information content (AvgIpc) is 3.02. The Morgan fingerprint density at radius 2 is 1.86 bits per heavy atom. The van der Waals surface area contributed by atoms with Crippen LogP contribution in [0.1, 0.15) is 43.5 Å². The average molecular weight is 407 g/mol. The molecule has 7 heteroatoms. The first-order chi connectivity index (χ1) is 13.1. The molecule has 0 spiro atoms. The first-order valence-electron chi connectivity index (χ1n) is 9.27. The number of rotatable bonds is 5. The molecular weight excluding hydrogens is 379 g/mol. The summed E-state index contributed by atoms with van der Waals surface area (Å²) in [5.74, 6) is -0.391. The van der Waals surface area contributed by atoms with Crippen molar-refractivity contribution in [2.45, 2.75) is 44.0 Å². The summed E-state index contributed by atoms with van der Waals surface area (Å²) in [7, 11) is -1.94. The number of hydrogen-bond acceptors (Lipinski definition) is 4. The minimum atomic E-state index is -3.68. The van der Waals surface area contributed by atoms with E-state index in [1.165, 1.54) is 17.7 Å². The maximum absolute atomic E-state index is 13.3. The summed E-state index contributed by atoms with van der Waals surface area (Å²) in [5.41, 5.74) is 2.66. The lowest BCUT2D eigenvalue weighted by Crippen LogP contribution is -2.39. The van der Waals surface area contributed by atoms with Crippen LogP contribution in [0.5, 0.6) is 0 Å². The largest absolute Gasteiger partial charge is 0.297 e. The van der Waals surface area contributed by atoms with Gasteiger partial charge in [0.1, 0.15) is 11.1 Å². The third-order valence-electron chi connectivity index (χ3n) is 5.07. The SMILES string of the molecule is CN1OCC(S(=O)(=O)NCc2cccc(F)c2)C1c1ccc(C(C)(C)C)cc1. The molecule has 1 aliphatic rings. The Kier molecular flexibility index (Phi) is 5.91. The van der Waals surface area contributed by atoms with E-state index in [2.05, 4.69) is 25.5 Å². The quantitative estimate of drug-likeness (QED) is 0.825. The van der Waals surface area contributed by atoms with E-state index in [9.17, 15) is 12.8 Å². The smallest absolute Gasteiger partial charge is 0.219 e. The number of halogens is 1. The van der Waals surface area contributed by atoms with Crippen LogP contribution in [0.2, 0.25) is 0 Å². The number of hydrogen-bond donors (Lipinski definition) is 1. The first kappa shape index (κ1) is 20.9. The lowest BCUT2D eigenvalue weighted by molar-refractivity contribution is -0.110. The van der Waals surface area contributed by atoms with E-state index in [-0.39, 0.29) is 18.6 Å². The van der Waals surface area contributed by atoms with Crippen LogP contribution in [-0.2, 0) is 26.8 Å². The van der Waals surface area contributed by atoms with Crippen LogP contribution in [0.3, 0.4) is 0 Å². The van der Waals surface area contributed by atoms with Gasteiger partial charge in [0.05, 0.1) is 12.6 Å². The molecule has 0 aromatic heterocycles. The predicted octanol–water partition coefficient (Wildman–Crippen LogP) is 3.53. The van der Waals surface area contributed by atoms with Crippen LogP contribution in [-0.4, -0.2) is 32.4 Å². The molecule has 2 aromatic carbocycles. The Bertz CT molecular complexity index is 923. The van der Waals surface area contributed by atoms with Gasteiger partial charge in [-0.15, -0.1) is 0 Å². The van der Waals surface area contributed by atoms with Crippen LogP contribution in [0, 0.1) is 5.82 Å². The van der Waals surface area contributed by atoms with Gasteiger partial charge in [-0.2, -0.15) is 5.06 Å². The van der Waals surface area contributed by atoms with E-state index in [1.54, 1.807) is 24.2 Å². The van der Waals surface area contributed by atoms with E-state index in [1.807, 2.05) is 24.3 Å². The molecule has 1 aliphatic heterocycles. The van der Waals surface area contributed by atoms with Crippen molar-refractivity contribution in [1.82, 2.24) is 9.79 Å². The maximum atomic E-state index is 13.3. The lowest BCUT2D eigenvalue weighted by atomic mass is 9.86. The van der Waals surface area contributed by atoms with Gasteiger partial charge in [0.25, 0.3) is 0 Å². The standard InChI is InChI=1S/C21H27FN2O3S/c1-21(2,3)17-10-8-16(9-11-17)20-19(14-27-24(20)4)28(25,26)23-13-15-6-5-7-18(22)12-15/h5-12,19-20,23H,13-14H2,1-4H3. The number of nitrogens with zero attached hydrogens (tertiary/aromatic N) is 1. The second-order valence-electron chi connectivity index (χ2n) is 8.19. The monoisotopic (exact) mass is 406 g/mol. The normalized spacial score (nSPS) is 21.2. The van der Waals surface area contributed by atoms with Crippen LogP contribution >= 0.6 is 0 Å². The molecule has 0 radical (unpaired) electrons. The van der Waals surface area contributed by atoms with Crippen LogP contribution in [0.25, 0.3) is 0 Å². The summed E-state index contributed by atoms with van der Waals surface area (Å²) in [6, 6.07) is 13.5. The number of benzene rings is 2. The third-order valence-corrected chi connectivity index (χ3v) is 6.81.